The largest absolute Gasteiger partial charge is 0.480 e. The Morgan fingerprint density at radius 2 is 2.17 bits per heavy atom. The van der Waals surface area contributed by atoms with Crippen LogP contribution in [0, 0.1) is 0 Å². The van der Waals surface area contributed by atoms with Gasteiger partial charge in [0.1, 0.15) is 6.04 Å². The highest BCUT2D eigenvalue weighted by atomic mass is 16.4. The third-order valence-electron chi connectivity index (χ3n) is 1.83. The Morgan fingerprint density at radius 3 is 2.50 bits per heavy atom. The first-order valence-electron chi connectivity index (χ1n) is 3.54. The van der Waals surface area contributed by atoms with Crippen molar-refractivity contribution in [1.82, 2.24) is 4.90 Å². The Labute approximate surface area is 69.0 Å². The fraction of sp³-hybridized carbons (Fsp3) is 0.571. The molecule has 1 fully saturated rings. The highest BCUT2D eigenvalue weighted by Crippen LogP contribution is 2.14. The monoisotopic (exact) mass is 171 g/mol. The van der Waals surface area contributed by atoms with Crippen LogP contribution in [0.4, 0.5) is 0 Å². The maximum absolute atomic E-state index is 10.8. The van der Waals surface area contributed by atoms with E-state index in [9.17, 15) is 14.4 Å². The summed E-state index contributed by atoms with van der Waals surface area (Å²) in [6.07, 6.45) is -0.0606. The number of carboxylic acids is 1. The minimum Gasteiger partial charge on any atom is -0.480 e. The molecule has 0 aromatic rings. The van der Waals surface area contributed by atoms with Crippen molar-refractivity contribution in [2.75, 3.05) is 6.54 Å². The molecule has 0 saturated carbocycles. The lowest BCUT2D eigenvalue weighted by Gasteiger charge is -2.17. The van der Waals surface area contributed by atoms with Gasteiger partial charge in [0.2, 0.25) is 5.91 Å². The van der Waals surface area contributed by atoms with E-state index in [0.717, 1.165) is 4.90 Å². The molecule has 1 saturated heterocycles. The molecule has 0 bridgehead atoms. The summed E-state index contributed by atoms with van der Waals surface area (Å²) in [7, 11) is 0. The van der Waals surface area contributed by atoms with Crippen LogP contribution in [0.3, 0.4) is 0 Å². The van der Waals surface area contributed by atoms with Gasteiger partial charge in [-0.2, -0.15) is 0 Å². The van der Waals surface area contributed by atoms with Gasteiger partial charge < -0.3 is 10.0 Å². The van der Waals surface area contributed by atoms with Gasteiger partial charge in [-0.1, -0.05) is 0 Å². The van der Waals surface area contributed by atoms with Crippen molar-refractivity contribution in [2.45, 2.75) is 19.4 Å². The van der Waals surface area contributed by atoms with Gasteiger partial charge in [-0.15, -0.1) is 0 Å². The molecule has 0 aromatic heterocycles. The zero-order chi connectivity index (χ0) is 9.30. The van der Waals surface area contributed by atoms with Crippen LogP contribution < -0.4 is 0 Å². The lowest BCUT2D eigenvalue weighted by molar-refractivity contribution is -0.147. The van der Waals surface area contributed by atoms with Crippen molar-refractivity contribution in [3.63, 3.8) is 0 Å². The van der Waals surface area contributed by atoms with E-state index in [1.54, 1.807) is 0 Å². The van der Waals surface area contributed by atoms with Gasteiger partial charge in [0.05, 0.1) is 6.54 Å². The van der Waals surface area contributed by atoms with Crippen LogP contribution in [0.1, 0.15) is 13.3 Å². The van der Waals surface area contributed by atoms with E-state index in [0.29, 0.717) is 0 Å². The molecule has 0 spiro atoms. The number of Topliss-reactive ketones (excluding diaryl/α,β-unsaturated/α-hetero) is 1. The van der Waals surface area contributed by atoms with Crippen molar-refractivity contribution in [1.29, 1.82) is 0 Å². The summed E-state index contributed by atoms with van der Waals surface area (Å²) in [6, 6.07) is -0.949. The zero-order valence-corrected chi connectivity index (χ0v) is 6.61. The lowest BCUT2D eigenvalue weighted by atomic mass is 10.2. The van der Waals surface area contributed by atoms with Crippen LogP contribution in [-0.4, -0.2) is 40.3 Å². The fourth-order valence-corrected chi connectivity index (χ4v) is 1.24. The number of amides is 1. The van der Waals surface area contributed by atoms with E-state index >= 15 is 0 Å². The minimum atomic E-state index is -1.11. The van der Waals surface area contributed by atoms with Crippen molar-refractivity contribution in [2.24, 2.45) is 0 Å². The molecule has 1 aliphatic rings. The quantitative estimate of drug-likeness (QED) is 0.564. The summed E-state index contributed by atoms with van der Waals surface area (Å²) >= 11 is 0. The lowest BCUT2D eigenvalue weighted by Crippen LogP contribution is -2.39. The third-order valence-corrected chi connectivity index (χ3v) is 1.83. The number of carboxylic acid groups (broad SMARTS) is 1. The molecular weight excluding hydrogens is 162 g/mol. The van der Waals surface area contributed by atoms with Gasteiger partial charge in [-0.05, 0) is 0 Å². The Balaban J connectivity index is 2.79. The van der Waals surface area contributed by atoms with Crippen molar-refractivity contribution < 1.29 is 19.5 Å². The predicted octanol–water partition coefficient (Wildman–Crippen LogP) is -0.739. The number of nitrogens with zero attached hydrogens (tertiary/aromatic N) is 1. The van der Waals surface area contributed by atoms with E-state index in [4.69, 9.17) is 5.11 Å². The highest BCUT2D eigenvalue weighted by molar-refractivity contribution is 5.96. The van der Waals surface area contributed by atoms with E-state index < -0.39 is 12.0 Å². The Bertz CT molecular complexity index is 224. The predicted molar refractivity (Wildman–Crippen MR) is 38.4 cm³/mol. The molecule has 0 aliphatic carbocycles. The molecule has 1 unspecified atom stereocenters. The molecule has 1 rings (SSSR count). The van der Waals surface area contributed by atoms with Gasteiger partial charge in [-0.25, -0.2) is 4.79 Å². The number of carbonyl (C=O) groups is 3. The molecule has 1 aliphatic heterocycles. The van der Waals surface area contributed by atoms with Crippen molar-refractivity contribution in [3.05, 3.63) is 0 Å². The molecule has 0 aromatic carbocycles. The molecule has 1 heterocycles. The summed E-state index contributed by atoms with van der Waals surface area (Å²) < 4.78 is 0. The number of hydrogen-bond donors (Lipinski definition) is 1. The summed E-state index contributed by atoms with van der Waals surface area (Å²) in [6.45, 7) is 1.20. The van der Waals surface area contributed by atoms with Crippen LogP contribution in [0.15, 0.2) is 0 Å². The summed E-state index contributed by atoms with van der Waals surface area (Å²) in [5, 5.41) is 8.60. The smallest absolute Gasteiger partial charge is 0.326 e. The van der Waals surface area contributed by atoms with Gasteiger partial charge in [0.25, 0.3) is 0 Å². The van der Waals surface area contributed by atoms with Crippen LogP contribution in [0.25, 0.3) is 0 Å². The normalized spacial score (nSPS) is 22.9. The molecule has 12 heavy (non-hydrogen) atoms. The number of aliphatic carboxylic acids is 1. The second-order valence-electron chi connectivity index (χ2n) is 2.74. The zero-order valence-electron chi connectivity index (χ0n) is 6.61. The Hall–Kier alpha value is -1.39. The van der Waals surface area contributed by atoms with E-state index in [1.165, 1.54) is 6.92 Å². The van der Waals surface area contributed by atoms with Crippen LogP contribution in [-0.2, 0) is 14.4 Å². The van der Waals surface area contributed by atoms with E-state index in [1.807, 2.05) is 0 Å². The van der Waals surface area contributed by atoms with Crippen LogP contribution >= 0.6 is 0 Å². The van der Waals surface area contributed by atoms with E-state index in [-0.39, 0.29) is 24.7 Å². The first-order valence-corrected chi connectivity index (χ1v) is 3.54. The molecule has 1 atom stereocenters. The van der Waals surface area contributed by atoms with Gasteiger partial charge in [-0.3, -0.25) is 9.59 Å². The molecule has 66 valence electrons. The van der Waals surface area contributed by atoms with Crippen molar-refractivity contribution >= 4 is 17.7 Å². The number of hydrogen-bond acceptors (Lipinski definition) is 3. The molecular formula is C7H9NO4. The number of carbonyl (C=O) groups excluding carboxylic acids is 2. The number of rotatable bonds is 1. The highest BCUT2D eigenvalue weighted by Gasteiger charge is 2.36. The van der Waals surface area contributed by atoms with Crippen molar-refractivity contribution in [3.8, 4) is 0 Å². The maximum Gasteiger partial charge on any atom is 0.326 e. The maximum atomic E-state index is 10.8. The summed E-state index contributed by atoms with van der Waals surface area (Å²) in [4.78, 5) is 33.2. The van der Waals surface area contributed by atoms with Gasteiger partial charge >= 0.3 is 5.97 Å². The summed E-state index contributed by atoms with van der Waals surface area (Å²) in [5.41, 5.74) is 0. The topological polar surface area (TPSA) is 74.7 Å². The Kier molecular flexibility index (Phi) is 2.12. The molecule has 5 heteroatoms. The third kappa shape index (κ3) is 1.44. The Morgan fingerprint density at radius 1 is 1.58 bits per heavy atom. The van der Waals surface area contributed by atoms with Gasteiger partial charge in [0, 0.05) is 13.3 Å². The fourth-order valence-electron chi connectivity index (χ4n) is 1.24. The van der Waals surface area contributed by atoms with Crippen LogP contribution in [0.5, 0.6) is 0 Å². The standard InChI is InChI=1S/C7H9NO4/c1-4(9)8-3-5(10)2-6(8)7(11)12/h6H,2-3H2,1H3,(H,11,12). The second kappa shape index (κ2) is 2.92. The van der Waals surface area contributed by atoms with Crippen LogP contribution in [0.2, 0.25) is 0 Å². The molecule has 5 nitrogen and oxygen atoms in total. The average Bonchev–Trinajstić information content (AvgIpc) is 2.31. The SMILES string of the molecule is CC(=O)N1CC(=O)CC1C(=O)O. The number of likely N-dealkylation sites (tertiary alicyclic amines) is 1. The molecule has 0 radical (unpaired) electrons. The second-order valence-corrected chi connectivity index (χ2v) is 2.74. The first-order chi connectivity index (χ1) is 5.52. The molecule has 1 amide bonds. The average molecular weight is 171 g/mol. The number of ketones is 1. The summed E-state index contributed by atoms with van der Waals surface area (Å²) in [5.74, 6) is -1.68. The van der Waals surface area contributed by atoms with E-state index in [2.05, 4.69) is 0 Å². The minimum absolute atomic E-state index is 0.0606. The molecule has 1 N–H and O–H groups in total. The first kappa shape index (κ1) is 8.70. The van der Waals surface area contributed by atoms with Gasteiger partial charge in [0.15, 0.2) is 5.78 Å².